The molecule has 1 fully saturated rings. The highest BCUT2D eigenvalue weighted by molar-refractivity contribution is 6.30. The van der Waals surface area contributed by atoms with Gasteiger partial charge in [0.2, 0.25) is 0 Å². The van der Waals surface area contributed by atoms with Crippen molar-refractivity contribution in [3.8, 4) is 0 Å². The average Bonchev–Trinajstić information content (AvgIpc) is 3.39. The topological polar surface area (TPSA) is 50.2 Å². The first-order chi connectivity index (χ1) is 13.7. The molecule has 0 spiro atoms. The van der Waals surface area contributed by atoms with Gasteiger partial charge in [-0.3, -0.25) is 4.79 Å². The van der Waals surface area contributed by atoms with Crippen LogP contribution in [0.25, 0.3) is 0 Å². The highest BCUT2D eigenvalue weighted by atomic mass is 35.5. The third-order valence-corrected chi connectivity index (χ3v) is 5.42. The molecule has 0 radical (unpaired) electrons. The Morgan fingerprint density at radius 3 is 2.64 bits per heavy atom. The molecule has 4 rings (SSSR count). The monoisotopic (exact) mass is 394 g/mol. The fourth-order valence-electron chi connectivity index (χ4n) is 3.58. The molecule has 5 nitrogen and oxygen atoms in total. The first kappa shape index (κ1) is 18.6. The Labute approximate surface area is 170 Å². The summed E-state index contributed by atoms with van der Waals surface area (Å²) in [6, 6.07) is 15.7. The number of nitrogens with one attached hydrogen (secondary N) is 1. The number of anilines is 1. The van der Waals surface area contributed by atoms with Crippen LogP contribution in [0.4, 0.5) is 5.69 Å². The van der Waals surface area contributed by atoms with E-state index in [2.05, 4.69) is 27.3 Å². The van der Waals surface area contributed by atoms with Crippen LogP contribution in [0.15, 0.2) is 67.3 Å². The molecule has 1 aliphatic rings. The molecule has 1 saturated heterocycles. The van der Waals surface area contributed by atoms with Crippen molar-refractivity contribution in [2.24, 2.45) is 5.92 Å². The number of carbonyl (C=O) groups excluding carboxylic acids is 1. The van der Waals surface area contributed by atoms with Gasteiger partial charge in [0.05, 0.1) is 6.33 Å². The zero-order valence-corrected chi connectivity index (χ0v) is 16.3. The summed E-state index contributed by atoms with van der Waals surface area (Å²) >= 11 is 5.96. The molecule has 0 saturated carbocycles. The van der Waals surface area contributed by atoms with Crippen molar-refractivity contribution >= 4 is 23.2 Å². The first-order valence-electron chi connectivity index (χ1n) is 9.51. The van der Waals surface area contributed by atoms with Crippen molar-refractivity contribution in [3.63, 3.8) is 0 Å². The molecule has 1 amide bonds. The normalized spacial score (nSPS) is 16.3. The molecule has 1 aromatic heterocycles. The van der Waals surface area contributed by atoms with Gasteiger partial charge in [-0.25, -0.2) is 4.98 Å². The van der Waals surface area contributed by atoms with E-state index in [1.807, 2.05) is 47.2 Å². The van der Waals surface area contributed by atoms with Gasteiger partial charge >= 0.3 is 0 Å². The van der Waals surface area contributed by atoms with Gasteiger partial charge in [-0.1, -0.05) is 23.7 Å². The van der Waals surface area contributed by atoms with Crippen molar-refractivity contribution in [1.82, 2.24) is 14.9 Å². The van der Waals surface area contributed by atoms with Gasteiger partial charge in [0.1, 0.15) is 0 Å². The minimum atomic E-state index is -0.0147. The van der Waals surface area contributed by atoms with Gasteiger partial charge in [0.15, 0.2) is 0 Å². The molecule has 1 atom stereocenters. The number of rotatable bonds is 6. The molecule has 1 unspecified atom stereocenters. The number of aromatic nitrogens is 2. The van der Waals surface area contributed by atoms with Gasteiger partial charge < -0.3 is 14.8 Å². The third kappa shape index (κ3) is 4.54. The van der Waals surface area contributed by atoms with Gasteiger partial charge in [0.25, 0.3) is 5.91 Å². The van der Waals surface area contributed by atoms with Gasteiger partial charge in [0, 0.05) is 54.8 Å². The molecule has 0 bridgehead atoms. The number of hydrogen-bond donors (Lipinski definition) is 1. The highest BCUT2D eigenvalue weighted by Gasteiger charge is 2.23. The summed E-state index contributed by atoms with van der Waals surface area (Å²) in [5.74, 6) is 0.444. The maximum atomic E-state index is 12.5. The Bertz CT molecular complexity index is 907. The van der Waals surface area contributed by atoms with E-state index in [1.54, 1.807) is 12.5 Å². The van der Waals surface area contributed by atoms with Crippen molar-refractivity contribution in [1.29, 1.82) is 0 Å². The van der Waals surface area contributed by atoms with E-state index in [4.69, 9.17) is 11.6 Å². The lowest BCUT2D eigenvalue weighted by molar-refractivity contribution is 0.0948. The number of amides is 1. The maximum absolute atomic E-state index is 12.5. The fourth-order valence-corrected chi connectivity index (χ4v) is 3.70. The third-order valence-electron chi connectivity index (χ3n) is 5.17. The Hall–Kier alpha value is -2.79. The molecular weight excluding hydrogens is 372 g/mol. The standard InChI is InChI=1S/C22H23ClN4O/c23-20-5-7-21(8-6-20)27-11-9-18(15-27)13-25-22(28)19-3-1-17(2-4-19)14-26-12-10-24-16-26/h1-8,10,12,16,18H,9,11,13-15H2,(H,25,28). The average molecular weight is 395 g/mol. The molecule has 28 heavy (non-hydrogen) atoms. The molecular formula is C22H23ClN4O. The lowest BCUT2D eigenvalue weighted by Crippen LogP contribution is -2.31. The second kappa shape index (κ2) is 8.48. The van der Waals surface area contributed by atoms with Crippen LogP contribution >= 0.6 is 11.6 Å². The molecule has 6 heteroatoms. The maximum Gasteiger partial charge on any atom is 0.251 e. The van der Waals surface area contributed by atoms with Crippen molar-refractivity contribution in [2.45, 2.75) is 13.0 Å². The second-order valence-corrected chi connectivity index (χ2v) is 7.66. The van der Waals surface area contributed by atoms with Crippen molar-refractivity contribution in [2.75, 3.05) is 24.5 Å². The van der Waals surface area contributed by atoms with Crippen molar-refractivity contribution < 1.29 is 4.79 Å². The Balaban J connectivity index is 1.27. The van der Waals surface area contributed by atoms with Crippen LogP contribution in [-0.2, 0) is 6.54 Å². The summed E-state index contributed by atoms with van der Waals surface area (Å²) in [7, 11) is 0. The largest absolute Gasteiger partial charge is 0.371 e. The summed E-state index contributed by atoms with van der Waals surface area (Å²) in [5, 5.41) is 3.84. The van der Waals surface area contributed by atoms with Gasteiger partial charge in [-0.05, 0) is 54.3 Å². The van der Waals surface area contributed by atoms with E-state index in [9.17, 15) is 4.79 Å². The summed E-state index contributed by atoms with van der Waals surface area (Å²) < 4.78 is 2.00. The van der Waals surface area contributed by atoms with Crippen LogP contribution in [0.2, 0.25) is 5.02 Å². The highest BCUT2D eigenvalue weighted by Crippen LogP contribution is 2.24. The van der Waals surface area contributed by atoms with E-state index in [-0.39, 0.29) is 5.91 Å². The van der Waals surface area contributed by atoms with E-state index in [0.29, 0.717) is 18.0 Å². The quantitative estimate of drug-likeness (QED) is 0.691. The van der Waals surface area contributed by atoms with E-state index >= 15 is 0 Å². The van der Waals surface area contributed by atoms with Crippen LogP contribution in [0.3, 0.4) is 0 Å². The summed E-state index contributed by atoms with van der Waals surface area (Å²) in [6.45, 7) is 3.40. The number of benzene rings is 2. The predicted octanol–water partition coefficient (Wildman–Crippen LogP) is 3.84. The number of nitrogens with zero attached hydrogens (tertiary/aromatic N) is 3. The fraction of sp³-hybridized carbons (Fsp3) is 0.273. The SMILES string of the molecule is O=C(NCC1CCN(c2ccc(Cl)cc2)C1)c1ccc(Cn2ccnc2)cc1. The molecule has 1 aliphatic heterocycles. The van der Waals surface area contributed by atoms with E-state index in [0.717, 1.165) is 36.6 Å². The number of imidazole rings is 1. The zero-order chi connectivity index (χ0) is 19.3. The van der Waals surface area contributed by atoms with Gasteiger partial charge in [-0.2, -0.15) is 0 Å². The summed E-state index contributed by atoms with van der Waals surface area (Å²) in [5.41, 5.74) is 3.03. The second-order valence-electron chi connectivity index (χ2n) is 7.22. The minimum Gasteiger partial charge on any atom is -0.371 e. The van der Waals surface area contributed by atoms with Crippen LogP contribution in [0.1, 0.15) is 22.3 Å². The van der Waals surface area contributed by atoms with Gasteiger partial charge in [-0.15, -0.1) is 0 Å². The molecule has 1 N–H and O–H groups in total. The number of carbonyl (C=O) groups is 1. The lowest BCUT2D eigenvalue weighted by Gasteiger charge is -2.19. The molecule has 2 heterocycles. The molecule has 144 valence electrons. The van der Waals surface area contributed by atoms with Crippen LogP contribution in [0.5, 0.6) is 0 Å². The van der Waals surface area contributed by atoms with Crippen LogP contribution in [-0.4, -0.2) is 35.1 Å². The smallest absolute Gasteiger partial charge is 0.251 e. The van der Waals surface area contributed by atoms with Crippen LogP contribution in [0, 0.1) is 5.92 Å². The van der Waals surface area contributed by atoms with E-state index in [1.165, 1.54) is 5.69 Å². The zero-order valence-electron chi connectivity index (χ0n) is 15.6. The molecule has 3 aromatic rings. The summed E-state index contributed by atoms with van der Waals surface area (Å²) in [6.07, 6.45) is 6.55. The molecule has 2 aromatic carbocycles. The number of halogens is 1. The minimum absolute atomic E-state index is 0.0147. The Morgan fingerprint density at radius 1 is 1.14 bits per heavy atom. The lowest BCUT2D eigenvalue weighted by atomic mass is 10.1. The Kier molecular flexibility index (Phi) is 5.63. The first-order valence-corrected chi connectivity index (χ1v) is 9.88. The van der Waals surface area contributed by atoms with Crippen molar-refractivity contribution in [3.05, 3.63) is 83.4 Å². The van der Waals surface area contributed by atoms with Crippen LogP contribution < -0.4 is 10.2 Å². The Morgan fingerprint density at radius 2 is 1.93 bits per heavy atom. The summed E-state index contributed by atoms with van der Waals surface area (Å²) in [4.78, 5) is 18.9. The van der Waals surface area contributed by atoms with E-state index < -0.39 is 0 Å². The molecule has 0 aliphatic carbocycles. The predicted molar refractivity (Wildman–Crippen MR) is 112 cm³/mol. The number of hydrogen-bond acceptors (Lipinski definition) is 3.